The minimum Gasteiger partial charge on any atom is -0.340 e. The van der Waals surface area contributed by atoms with E-state index in [2.05, 4.69) is 33.5 Å². The maximum Gasteiger partial charge on any atom is 0.142 e. The van der Waals surface area contributed by atoms with E-state index in [-0.39, 0.29) is 18.2 Å². The second kappa shape index (κ2) is 6.95. The fraction of sp³-hybridized carbons (Fsp3) is 0. The van der Waals surface area contributed by atoms with Gasteiger partial charge in [0, 0.05) is 10.6 Å². The summed E-state index contributed by atoms with van der Waals surface area (Å²) >= 11 is 1.63. The maximum absolute atomic E-state index is 13.0. The summed E-state index contributed by atoms with van der Waals surface area (Å²) in [4.78, 5) is 10.7. The minimum absolute atomic E-state index is 0. The molecular formula is C18H13ClFN3S. The van der Waals surface area contributed by atoms with Crippen LogP contribution in [-0.4, -0.2) is 9.97 Å². The lowest BCUT2D eigenvalue weighted by molar-refractivity contribution is 0.628. The first-order valence-corrected chi connectivity index (χ1v) is 7.94. The zero-order valence-corrected chi connectivity index (χ0v) is 14.1. The molecule has 2 aromatic heterocycles. The number of rotatable bonds is 3. The van der Waals surface area contributed by atoms with Gasteiger partial charge in [-0.2, -0.15) is 0 Å². The lowest BCUT2D eigenvalue weighted by Crippen LogP contribution is -1.94. The molecule has 0 unspecified atom stereocenters. The van der Waals surface area contributed by atoms with Gasteiger partial charge >= 0.3 is 0 Å². The summed E-state index contributed by atoms with van der Waals surface area (Å²) in [6.07, 6.45) is 1.54. The molecule has 0 amide bonds. The van der Waals surface area contributed by atoms with E-state index < -0.39 is 0 Å². The first-order chi connectivity index (χ1) is 11.3. The van der Waals surface area contributed by atoms with Crippen molar-refractivity contribution in [2.75, 3.05) is 5.32 Å². The Morgan fingerprint density at radius 3 is 2.42 bits per heavy atom. The van der Waals surface area contributed by atoms with E-state index in [0.29, 0.717) is 0 Å². The third-order valence-corrected chi connectivity index (χ3v) is 4.59. The van der Waals surface area contributed by atoms with Crippen molar-refractivity contribution in [3.05, 3.63) is 72.8 Å². The Bertz CT molecular complexity index is 955. The molecule has 0 bridgehead atoms. The lowest BCUT2D eigenvalue weighted by atomic mass is 10.2. The highest BCUT2D eigenvalue weighted by Gasteiger charge is 2.10. The molecule has 0 saturated heterocycles. The van der Waals surface area contributed by atoms with Crippen molar-refractivity contribution < 1.29 is 4.39 Å². The Hall–Kier alpha value is -2.50. The van der Waals surface area contributed by atoms with Gasteiger partial charge in [0.25, 0.3) is 0 Å². The van der Waals surface area contributed by atoms with Crippen molar-refractivity contribution in [2.45, 2.75) is 0 Å². The Labute approximate surface area is 148 Å². The molecule has 2 aromatic carbocycles. The SMILES string of the molecule is Cl.Fc1ccc(Nc2ncnc3sc(-c4ccccc4)cc23)cc1. The van der Waals surface area contributed by atoms with Crippen molar-refractivity contribution in [1.29, 1.82) is 0 Å². The molecule has 0 aliphatic rings. The van der Waals surface area contributed by atoms with E-state index in [9.17, 15) is 4.39 Å². The molecule has 1 N–H and O–H groups in total. The van der Waals surface area contributed by atoms with Crippen LogP contribution in [0.15, 0.2) is 67.0 Å². The van der Waals surface area contributed by atoms with Crippen molar-refractivity contribution in [3.63, 3.8) is 0 Å². The molecule has 120 valence electrons. The van der Waals surface area contributed by atoms with Gasteiger partial charge in [-0.05, 0) is 35.9 Å². The molecule has 6 heteroatoms. The van der Waals surface area contributed by atoms with Crippen LogP contribution in [0.5, 0.6) is 0 Å². The molecule has 4 rings (SSSR count). The predicted octanol–water partition coefficient (Wildman–Crippen LogP) is 5.66. The number of fused-ring (bicyclic) bond motifs is 1. The number of aromatic nitrogens is 2. The molecule has 4 aromatic rings. The first kappa shape index (κ1) is 16.4. The topological polar surface area (TPSA) is 37.8 Å². The van der Waals surface area contributed by atoms with Gasteiger partial charge in [0.15, 0.2) is 0 Å². The van der Waals surface area contributed by atoms with Crippen molar-refractivity contribution in [1.82, 2.24) is 9.97 Å². The molecule has 0 fully saturated rings. The summed E-state index contributed by atoms with van der Waals surface area (Å²) in [7, 11) is 0. The summed E-state index contributed by atoms with van der Waals surface area (Å²) in [5.74, 6) is 0.463. The number of hydrogen-bond acceptors (Lipinski definition) is 4. The van der Waals surface area contributed by atoms with Gasteiger partial charge in [-0.1, -0.05) is 30.3 Å². The molecule has 0 aliphatic heterocycles. The summed E-state index contributed by atoms with van der Waals surface area (Å²) in [5, 5.41) is 4.19. The lowest BCUT2D eigenvalue weighted by Gasteiger charge is -2.05. The molecule has 0 aliphatic carbocycles. The highest BCUT2D eigenvalue weighted by Crippen LogP contribution is 2.35. The average Bonchev–Trinajstić information content (AvgIpc) is 3.03. The second-order valence-corrected chi connectivity index (χ2v) is 6.08. The summed E-state index contributed by atoms with van der Waals surface area (Å²) < 4.78 is 13.0. The summed E-state index contributed by atoms with van der Waals surface area (Å²) in [5.41, 5.74) is 1.95. The largest absolute Gasteiger partial charge is 0.340 e. The van der Waals surface area contributed by atoms with Gasteiger partial charge in [-0.15, -0.1) is 23.7 Å². The van der Waals surface area contributed by atoms with Crippen molar-refractivity contribution in [2.24, 2.45) is 0 Å². The molecule has 0 atom stereocenters. The fourth-order valence-electron chi connectivity index (χ4n) is 2.37. The van der Waals surface area contributed by atoms with Gasteiger partial charge in [0.05, 0.1) is 5.39 Å². The van der Waals surface area contributed by atoms with Gasteiger partial charge in [-0.25, -0.2) is 14.4 Å². The van der Waals surface area contributed by atoms with Crippen LogP contribution in [0.4, 0.5) is 15.9 Å². The van der Waals surface area contributed by atoms with Crippen LogP contribution in [0.1, 0.15) is 0 Å². The highest BCUT2D eigenvalue weighted by molar-refractivity contribution is 7.21. The third-order valence-electron chi connectivity index (χ3n) is 3.49. The Balaban J connectivity index is 0.00000169. The Morgan fingerprint density at radius 2 is 1.67 bits per heavy atom. The monoisotopic (exact) mass is 357 g/mol. The van der Waals surface area contributed by atoms with Crippen LogP contribution >= 0.6 is 23.7 Å². The zero-order valence-electron chi connectivity index (χ0n) is 12.4. The van der Waals surface area contributed by atoms with Crippen LogP contribution < -0.4 is 5.32 Å². The number of thiophene rings is 1. The molecule has 0 spiro atoms. The van der Waals surface area contributed by atoms with E-state index in [1.54, 1.807) is 29.8 Å². The maximum atomic E-state index is 13.0. The molecule has 0 saturated carbocycles. The Morgan fingerprint density at radius 1 is 0.917 bits per heavy atom. The number of benzene rings is 2. The quantitative estimate of drug-likeness (QED) is 0.514. The molecule has 3 nitrogen and oxygen atoms in total. The molecular weight excluding hydrogens is 345 g/mol. The number of nitrogens with one attached hydrogen (secondary N) is 1. The molecule has 2 heterocycles. The van der Waals surface area contributed by atoms with Crippen LogP contribution in [0.25, 0.3) is 20.7 Å². The smallest absolute Gasteiger partial charge is 0.142 e. The van der Waals surface area contributed by atoms with Crippen molar-refractivity contribution in [3.8, 4) is 10.4 Å². The third kappa shape index (κ3) is 3.22. The number of anilines is 2. The highest BCUT2D eigenvalue weighted by atomic mass is 35.5. The second-order valence-electron chi connectivity index (χ2n) is 5.05. The van der Waals surface area contributed by atoms with E-state index in [0.717, 1.165) is 32.2 Å². The average molecular weight is 358 g/mol. The number of nitrogens with zero attached hydrogens (tertiary/aromatic N) is 2. The normalized spacial score (nSPS) is 10.4. The van der Waals surface area contributed by atoms with Crippen LogP contribution in [0.2, 0.25) is 0 Å². The van der Waals surface area contributed by atoms with E-state index in [1.165, 1.54) is 12.1 Å². The number of hydrogen-bond donors (Lipinski definition) is 1. The van der Waals surface area contributed by atoms with Gasteiger partial charge < -0.3 is 5.32 Å². The fourth-order valence-corrected chi connectivity index (χ4v) is 3.37. The first-order valence-electron chi connectivity index (χ1n) is 7.12. The van der Waals surface area contributed by atoms with Crippen molar-refractivity contribution >= 4 is 45.5 Å². The predicted molar refractivity (Wildman–Crippen MR) is 99.8 cm³/mol. The van der Waals surface area contributed by atoms with Crippen LogP contribution in [0.3, 0.4) is 0 Å². The standard InChI is InChI=1S/C18H12FN3S.ClH/c19-13-6-8-14(9-7-13)22-17-15-10-16(12-4-2-1-3-5-12)23-18(15)21-11-20-17;/h1-11H,(H,20,21,22);1H. The summed E-state index contributed by atoms with van der Waals surface area (Å²) in [6.45, 7) is 0. The van der Waals surface area contributed by atoms with E-state index in [4.69, 9.17) is 0 Å². The van der Waals surface area contributed by atoms with Gasteiger partial charge in [-0.3, -0.25) is 0 Å². The Kier molecular flexibility index (Phi) is 4.74. The molecule has 0 radical (unpaired) electrons. The van der Waals surface area contributed by atoms with Crippen LogP contribution in [0, 0.1) is 5.82 Å². The number of halogens is 2. The van der Waals surface area contributed by atoms with Crippen LogP contribution in [-0.2, 0) is 0 Å². The summed E-state index contributed by atoms with van der Waals surface area (Å²) in [6, 6.07) is 18.5. The van der Waals surface area contributed by atoms with E-state index in [1.807, 2.05) is 18.2 Å². The molecule has 24 heavy (non-hydrogen) atoms. The van der Waals surface area contributed by atoms with Gasteiger partial charge in [0.1, 0.15) is 22.8 Å². The van der Waals surface area contributed by atoms with Gasteiger partial charge in [0.2, 0.25) is 0 Å². The van der Waals surface area contributed by atoms with E-state index >= 15 is 0 Å². The zero-order chi connectivity index (χ0) is 15.6. The minimum atomic E-state index is -0.259.